The first-order chi connectivity index (χ1) is 10.5. The fourth-order valence-corrected chi connectivity index (χ4v) is 0.618. The maximum atomic E-state index is 9.90. The molecule has 19 heteroatoms. The van der Waals surface area contributed by atoms with Crippen molar-refractivity contribution in [2.45, 2.75) is 24.4 Å². The van der Waals surface area contributed by atoms with E-state index in [1.807, 2.05) is 0 Å². The average molecular weight is 464 g/mol. The molecule has 0 radical (unpaired) electrons. The molecule has 0 aliphatic rings. The van der Waals surface area contributed by atoms with Gasteiger partial charge < -0.3 is 48.5 Å². The van der Waals surface area contributed by atoms with Gasteiger partial charge in [-0.25, -0.2) is 0 Å². The molecule has 0 saturated carbocycles. The van der Waals surface area contributed by atoms with Gasteiger partial charge in [0.15, 0.2) is 6.29 Å². The Balaban J connectivity index is -0.0000000455. The fraction of sp³-hybridized carbons (Fsp3) is 0.833. The van der Waals surface area contributed by atoms with Crippen LogP contribution < -0.4 is 0 Å². The molecule has 0 spiro atoms. The van der Waals surface area contributed by atoms with Crippen molar-refractivity contribution in [3.8, 4) is 0 Å². The summed E-state index contributed by atoms with van der Waals surface area (Å²) in [7, 11) is -10.3. The van der Waals surface area contributed by atoms with E-state index in [4.69, 9.17) is 71.1 Å². The molecule has 7 N–H and O–H groups in total. The van der Waals surface area contributed by atoms with Gasteiger partial charge in [-0.3, -0.25) is 27.4 Å². The second kappa shape index (κ2) is 18.4. The molecule has 16 nitrogen and oxygen atoms in total. The first-order valence-electron chi connectivity index (χ1n) is 4.86. The number of hydrogen-bond donors (Lipinski definition) is 7. The predicted molar refractivity (Wildman–Crippen MR) is 65.6 cm³/mol. The molecular weight excluding hydrogens is 448 g/mol. The number of carbonyl (C=O) groups is 1. The molecule has 0 heterocycles. The van der Waals surface area contributed by atoms with Gasteiger partial charge in [-0.15, -0.1) is 0 Å². The van der Waals surface area contributed by atoms with Crippen LogP contribution in [-0.4, -0.2) is 108 Å². The van der Waals surface area contributed by atoms with E-state index in [9.17, 15) is 4.79 Å². The van der Waals surface area contributed by atoms with Crippen molar-refractivity contribution >= 4 is 27.1 Å². The third-order valence-electron chi connectivity index (χ3n) is 1.42. The summed E-state index contributed by atoms with van der Waals surface area (Å²) < 4.78 is 68.2. The molecule has 0 bridgehead atoms. The molecule has 25 heavy (non-hydrogen) atoms. The number of hydrogen-bond acceptors (Lipinski definition) is 16. The molecule has 0 aliphatic heterocycles. The Labute approximate surface area is 154 Å². The van der Waals surface area contributed by atoms with E-state index in [0.717, 1.165) is 0 Å². The van der Waals surface area contributed by atoms with Gasteiger partial charge in [0.1, 0.15) is 24.4 Å². The maximum absolute atomic E-state index is 9.90. The van der Waals surface area contributed by atoms with Gasteiger partial charge in [-0.2, -0.15) is 0 Å². The van der Waals surface area contributed by atoms with Gasteiger partial charge in [-0.05, 0) is 0 Å². The van der Waals surface area contributed by atoms with Crippen molar-refractivity contribution in [2.75, 3.05) is 6.61 Å². The van der Waals surface area contributed by atoms with Crippen LogP contribution in [0.1, 0.15) is 2.85 Å². The average Bonchev–Trinajstić information content (AvgIpc) is 2.42. The Hall–Kier alpha value is -0.351. The predicted octanol–water partition coefficient (Wildman–Crippen LogP) is -5.81. The minimum Gasteiger partial charge on any atom is -0.759 e. The smallest absolute Gasteiger partial charge is 0.759 e. The third-order valence-corrected chi connectivity index (χ3v) is 1.42. The quantitative estimate of drug-likeness (QED) is 0.0497. The fourth-order valence-electron chi connectivity index (χ4n) is 0.618. The molecule has 0 amide bonds. The first-order valence-corrected chi connectivity index (χ1v) is 7.53. The maximum Gasteiger partial charge on any atom is 2.00 e. The summed E-state index contributed by atoms with van der Waals surface area (Å²) in [5.74, 6) is 0. The largest absolute Gasteiger partial charge is 2.00 e. The normalized spacial score (nSPS) is 15.0. The van der Waals surface area contributed by atoms with Crippen LogP contribution in [0.4, 0.5) is 0 Å². The van der Waals surface area contributed by atoms with Crippen molar-refractivity contribution in [1.29, 1.82) is 0 Å². The van der Waals surface area contributed by atoms with Crippen molar-refractivity contribution in [3.05, 3.63) is 0 Å². The van der Waals surface area contributed by atoms with Crippen LogP contribution in [0.5, 0.6) is 0 Å². The monoisotopic (exact) mass is 464 g/mol. The van der Waals surface area contributed by atoms with Crippen molar-refractivity contribution in [2.24, 2.45) is 0 Å². The van der Waals surface area contributed by atoms with Gasteiger partial charge in [0.2, 0.25) is 0 Å². The van der Waals surface area contributed by atoms with Crippen LogP contribution in [0.2, 0.25) is 0 Å². The Morgan fingerprint density at radius 3 is 1.24 bits per heavy atom. The van der Waals surface area contributed by atoms with Crippen LogP contribution in [0.25, 0.3) is 0 Å². The van der Waals surface area contributed by atoms with Gasteiger partial charge in [-0.1, -0.05) is 0 Å². The number of rotatable bonds is 5. The van der Waals surface area contributed by atoms with Gasteiger partial charge in [0.05, 0.1) is 6.61 Å². The number of carbonyl (C=O) groups excluding carboxylic acids is 1. The summed E-state index contributed by atoms with van der Waals surface area (Å²) >= 11 is 0. The molecule has 156 valence electrons. The summed E-state index contributed by atoms with van der Waals surface area (Å²) in [6, 6.07) is 0. The Bertz CT molecular complexity index is 453. The molecular formula is C6H16FeO16S2. The molecule has 0 rings (SSSR count). The van der Waals surface area contributed by atoms with Crippen molar-refractivity contribution in [1.82, 2.24) is 0 Å². The SMILES string of the molecule is O=C[C@H](O)[C@@H](O)[C@H](O)[C@H](O)CO.O=S(=O)([O-])[O-].O=S(=O)([O-])[O-].OO.[Fe+2].[H+].[H+]. The molecule has 4 atom stereocenters. The van der Waals surface area contributed by atoms with Crippen LogP contribution in [0, 0.1) is 0 Å². The van der Waals surface area contributed by atoms with Crippen LogP contribution >= 0.6 is 0 Å². The van der Waals surface area contributed by atoms with Crippen molar-refractivity contribution < 1.29 is 95.8 Å². The standard InChI is InChI=1S/C6H12O6.Fe.2H2O4S.H2O2/c7-1-3(9)5(11)6(12)4(10)2-8;;2*1-5(2,3)4;1-2/h1,3-6,8-12H,2H2;;2*(H2,1,2,3,4);1-2H/q;+2;;;/p-2/t3-,4+,5+,6+;;;;/m0..../s1. The zero-order valence-corrected chi connectivity index (χ0v) is 14.3. The zero-order chi connectivity index (χ0) is 20.7. The van der Waals surface area contributed by atoms with E-state index in [0.29, 0.717) is 0 Å². The van der Waals surface area contributed by atoms with Crippen LogP contribution in [-0.2, 0) is 42.7 Å². The number of aldehydes is 1. The summed E-state index contributed by atoms with van der Waals surface area (Å²) in [6.45, 7) is -0.760. The van der Waals surface area contributed by atoms with Gasteiger partial charge in [0, 0.05) is 20.8 Å². The van der Waals surface area contributed by atoms with Gasteiger partial charge >= 0.3 is 19.9 Å². The molecule has 0 fully saturated rings. The number of aliphatic hydroxyl groups is 5. The van der Waals surface area contributed by atoms with E-state index in [2.05, 4.69) is 0 Å². The van der Waals surface area contributed by atoms with E-state index >= 15 is 0 Å². The van der Waals surface area contributed by atoms with E-state index < -0.39 is 51.8 Å². The first kappa shape index (κ1) is 35.7. The van der Waals surface area contributed by atoms with E-state index in [-0.39, 0.29) is 26.2 Å². The Kier molecular flexibility index (Phi) is 26.3. The molecule has 0 aromatic heterocycles. The Morgan fingerprint density at radius 2 is 1.08 bits per heavy atom. The van der Waals surface area contributed by atoms with Gasteiger partial charge in [0.25, 0.3) is 0 Å². The summed E-state index contributed by atoms with van der Waals surface area (Å²) in [5.41, 5.74) is 0. The topological polar surface area (TPSA) is 319 Å². The zero-order valence-electron chi connectivity index (χ0n) is 13.6. The second-order valence-corrected chi connectivity index (χ2v) is 4.81. The van der Waals surface area contributed by atoms with Crippen molar-refractivity contribution in [3.63, 3.8) is 0 Å². The summed E-state index contributed by atoms with van der Waals surface area (Å²) in [5, 5.41) is 55.5. The van der Waals surface area contributed by atoms with Crippen LogP contribution in [0.3, 0.4) is 0 Å². The minimum absolute atomic E-state index is 0. The molecule has 0 unspecified atom stereocenters. The van der Waals surface area contributed by atoms with E-state index in [1.165, 1.54) is 0 Å². The molecule has 0 aromatic rings. The minimum atomic E-state index is -5.17. The summed E-state index contributed by atoms with van der Waals surface area (Å²) in [6.07, 6.45) is -6.84. The second-order valence-electron chi connectivity index (χ2n) is 3.17. The molecule has 0 aliphatic carbocycles. The van der Waals surface area contributed by atoms with E-state index in [1.54, 1.807) is 0 Å². The molecule has 0 saturated heterocycles. The molecule has 0 aromatic carbocycles. The number of aliphatic hydroxyl groups excluding tert-OH is 5. The Morgan fingerprint density at radius 1 is 0.840 bits per heavy atom. The van der Waals surface area contributed by atoms with Crippen LogP contribution in [0.15, 0.2) is 0 Å². The summed E-state index contributed by atoms with van der Waals surface area (Å²) in [4.78, 5) is 9.90. The third kappa shape index (κ3) is 45.3.